The number of hydrogen-bond donors (Lipinski definition) is 2. The molecule has 0 spiro atoms. The topological polar surface area (TPSA) is 106 Å². The Bertz CT molecular complexity index is 1290. The van der Waals surface area contributed by atoms with Gasteiger partial charge < -0.3 is 14.8 Å². The molecular formula is C23H22ClN3O5S. The zero-order chi connectivity index (χ0) is 24.0. The molecule has 0 aliphatic heterocycles. The molecule has 0 aromatic heterocycles. The number of nitrogens with one attached hydrogen (secondary N) is 2. The molecule has 8 nitrogen and oxygen atoms in total. The van der Waals surface area contributed by atoms with Crippen molar-refractivity contribution in [2.45, 2.75) is 11.8 Å². The van der Waals surface area contributed by atoms with E-state index in [1.165, 1.54) is 26.4 Å². The first-order chi connectivity index (χ1) is 15.7. The second-order valence-corrected chi connectivity index (χ2v) is 8.92. The van der Waals surface area contributed by atoms with Crippen LogP contribution in [0.5, 0.6) is 11.5 Å². The van der Waals surface area contributed by atoms with Gasteiger partial charge in [0.1, 0.15) is 16.4 Å². The SMILES string of the molecule is COc1ccc(OC)c(S(=O)(=O)N/N=C(/C)c2cccc(NC(=O)c3ccc(Cl)cc3)c2)c1. The Morgan fingerprint density at radius 1 is 0.939 bits per heavy atom. The van der Waals surface area contributed by atoms with Gasteiger partial charge in [0.25, 0.3) is 15.9 Å². The van der Waals surface area contributed by atoms with Gasteiger partial charge in [-0.1, -0.05) is 23.7 Å². The normalized spacial score (nSPS) is 11.6. The molecule has 0 heterocycles. The molecule has 0 saturated heterocycles. The molecule has 3 rings (SSSR count). The second-order valence-electron chi connectivity index (χ2n) is 6.85. The zero-order valence-electron chi connectivity index (χ0n) is 18.1. The lowest BCUT2D eigenvalue weighted by Gasteiger charge is -2.11. The smallest absolute Gasteiger partial charge is 0.280 e. The van der Waals surface area contributed by atoms with Crippen LogP contribution in [0, 0.1) is 0 Å². The number of anilines is 1. The Balaban J connectivity index is 1.78. The lowest BCUT2D eigenvalue weighted by atomic mass is 10.1. The van der Waals surface area contributed by atoms with Crippen LogP contribution in [0.15, 0.2) is 76.7 Å². The summed E-state index contributed by atoms with van der Waals surface area (Å²) in [7, 11) is -1.22. The van der Waals surface area contributed by atoms with Crippen molar-refractivity contribution in [3.05, 3.63) is 82.9 Å². The van der Waals surface area contributed by atoms with E-state index in [1.807, 2.05) is 0 Å². The van der Waals surface area contributed by atoms with Crippen molar-refractivity contribution in [2.24, 2.45) is 5.10 Å². The number of carbonyl (C=O) groups is 1. The average Bonchev–Trinajstić information content (AvgIpc) is 2.82. The van der Waals surface area contributed by atoms with Crippen molar-refractivity contribution in [1.82, 2.24) is 4.83 Å². The summed E-state index contributed by atoms with van der Waals surface area (Å²) in [6.45, 7) is 1.64. The number of hydrogen-bond acceptors (Lipinski definition) is 6. The molecular weight excluding hydrogens is 466 g/mol. The molecule has 0 saturated carbocycles. The Morgan fingerprint density at radius 2 is 1.67 bits per heavy atom. The number of ether oxygens (including phenoxy) is 2. The molecule has 172 valence electrons. The third-order valence-corrected chi connectivity index (χ3v) is 6.12. The highest BCUT2D eigenvalue weighted by Gasteiger charge is 2.20. The first kappa shape index (κ1) is 24.1. The number of rotatable bonds is 8. The number of amides is 1. The Morgan fingerprint density at radius 3 is 2.33 bits per heavy atom. The van der Waals surface area contributed by atoms with Crippen LogP contribution in [0.25, 0.3) is 0 Å². The van der Waals surface area contributed by atoms with Gasteiger partial charge in [-0.05, 0) is 61.0 Å². The molecule has 0 radical (unpaired) electrons. The van der Waals surface area contributed by atoms with Crippen molar-refractivity contribution in [3.8, 4) is 11.5 Å². The largest absolute Gasteiger partial charge is 0.497 e. The number of sulfonamides is 1. The first-order valence-electron chi connectivity index (χ1n) is 9.69. The minimum absolute atomic E-state index is 0.107. The first-order valence-corrected chi connectivity index (χ1v) is 11.5. The number of hydrazone groups is 1. The van der Waals surface area contributed by atoms with Gasteiger partial charge in [0.05, 0.1) is 19.9 Å². The predicted octanol–water partition coefficient (Wildman–Crippen LogP) is 4.31. The third-order valence-electron chi connectivity index (χ3n) is 4.64. The summed E-state index contributed by atoms with van der Waals surface area (Å²) in [5.74, 6) is 0.216. The van der Waals surface area contributed by atoms with E-state index in [0.29, 0.717) is 33.3 Å². The van der Waals surface area contributed by atoms with E-state index in [0.717, 1.165) is 0 Å². The predicted molar refractivity (Wildman–Crippen MR) is 128 cm³/mol. The maximum absolute atomic E-state index is 12.8. The third kappa shape index (κ3) is 6.03. The number of methoxy groups -OCH3 is 2. The van der Waals surface area contributed by atoms with E-state index < -0.39 is 10.0 Å². The van der Waals surface area contributed by atoms with Gasteiger partial charge >= 0.3 is 0 Å². The monoisotopic (exact) mass is 487 g/mol. The van der Waals surface area contributed by atoms with Crippen LogP contribution in [0.1, 0.15) is 22.8 Å². The highest BCUT2D eigenvalue weighted by Crippen LogP contribution is 2.28. The van der Waals surface area contributed by atoms with Gasteiger partial charge in [0, 0.05) is 22.3 Å². The summed E-state index contributed by atoms with van der Waals surface area (Å²) in [5.41, 5.74) is 1.99. The van der Waals surface area contributed by atoms with E-state index in [-0.39, 0.29) is 16.6 Å². The summed E-state index contributed by atoms with van der Waals surface area (Å²) in [6.07, 6.45) is 0. The maximum Gasteiger partial charge on any atom is 0.280 e. The van der Waals surface area contributed by atoms with E-state index >= 15 is 0 Å². The molecule has 33 heavy (non-hydrogen) atoms. The summed E-state index contributed by atoms with van der Waals surface area (Å²) < 4.78 is 35.8. The van der Waals surface area contributed by atoms with E-state index in [2.05, 4.69) is 15.2 Å². The maximum atomic E-state index is 12.8. The van der Waals surface area contributed by atoms with Crippen LogP contribution in [-0.4, -0.2) is 34.3 Å². The molecule has 3 aromatic carbocycles. The fourth-order valence-electron chi connectivity index (χ4n) is 2.86. The van der Waals surface area contributed by atoms with Crippen LogP contribution >= 0.6 is 11.6 Å². The number of halogens is 1. The van der Waals surface area contributed by atoms with Gasteiger partial charge in [-0.3, -0.25) is 4.79 Å². The molecule has 0 fully saturated rings. The summed E-state index contributed by atoms with van der Waals surface area (Å²) in [6, 6.07) is 17.8. The molecule has 0 atom stereocenters. The zero-order valence-corrected chi connectivity index (χ0v) is 19.7. The van der Waals surface area contributed by atoms with Gasteiger partial charge in [-0.2, -0.15) is 18.4 Å². The van der Waals surface area contributed by atoms with Crippen molar-refractivity contribution in [2.75, 3.05) is 19.5 Å². The number of nitrogens with zero attached hydrogens (tertiary/aromatic N) is 1. The van der Waals surface area contributed by atoms with E-state index in [4.69, 9.17) is 21.1 Å². The van der Waals surface area contributed by atoms with Crippen molar-refractivity contribution in [3.63, 3.8) is 0 Å². The Hall–Kier alpha value is -3.56. The molecule has 10 heteroatoms. The van der Waals surface area contributed by atoms with Crippen LogP contribution in [0.3, 0.4) is 0 Å². The van der Waals surface area contributed by atoms with Gasteiger partial charge in [-0.15, -0.1) is 0 Å². The van der Waals surface area contributed by atoms with Gasteiger partial charge in [0.2, 0.25) is 0 Å². The van der Waals surface area contributed by atoms with Crippen LogP contribution in [0.2, 0.25) is 5.02 Å². The number of carbonyl (C=O) groups excluding carboxylic acids is 1. The van der Waals surface area contributed by atoms with Gasteiger partial charge in [-0.25, -0.2) is 0 Å². The summed E-state index contributed by atoms with van der Waals surface area (Å²) in [5, 5.41) is 7.35. The highest BCUT2D eigenvalue weighted by atomic mass is 35.5. The molecule has 0 unspecified atom stereocenters. The fourth-order valence-corrected chi connectivity index (χ4v) is 4.03. The minimum atomic E-state index is -4.03. The fraction of sp³-hybridized carbons (Fsp3) is 0.130. The molecule has 0 aliphatic carbocycles. The van der Waals surface area contributed by atoms with Crippen LogP contribution in [-0.2, 0) is 10.0 Å². The van der Waals surface area contributed by atoms with Crippen molar-refractivity contribution >= 4 is 38.9 Å². The van der Waals surface area contributed by atoms with Crippen LogP contribution in [0.4, 0.5) is 5.69 Å². The molecule has 2 N–H and O–H groups in total. The van der Waals surface area contributed by atoms with E-state index in [9.17, 15) is 13.2 Å². The standard InChI is InChI=1S/C23H22ClN3O5S/c1-15(26-27-33(29,30)22-14-20(31-2)11-12-21(22)32-3)17-5-4-6-19(13-17)25-23(28)16-7-9-18(24)10-8-16/h4-14,27H,1-3H3,(H,25,28)/b26-15-. The highest BCUT2D eigenvalue weighted by molar-refractivity contribution is 7.89. The minimum Gasteiger partial charge on any atom is -0.497 e. The van der Waals surface area contributed by atoms with Gasteiger partial charge in [0.15, 0.2) is 0 Å². The molecule has 0 bridgehead atoms. The number of benzene rings is 3. The second kappa shape index (κ2) is 10.4. The lowest BCUT2D eigenvalue weighted by Crippen LogP contribution is -2.21. The Kier molecular flexibility index (Phi) is 7.57. The quantitative estimate of drug-likeness (QED) is 0.363. The lowest BCUT2D eigenvalue weighted by molar-refractivity contribution is 0.102. The molecule has 3 aromatic rings. The summed E-state index contributed by atoms with van der Waals surface area (Å²) >= 11 is 5.86. The van der Waals surface area contributed by atoms with E-state index in [1.54, 1.807) is 61.5 Å². The summed E-state index contributed by atoms with van der Waals surface area (Å²) in [4.78, 5) is 14.5. The Labute approximate surface area is 197 Å². The molecule has 0 aliphatic rings. The van der Waals surface area contributed by atoms with Crippen molar-refractivity contribution in [1.29, 1.82) is 0 Å². The molecule has 1 amide bonds. The van der Waals surface area contributed by atoms with Crippen LogP contribution < -0.4 is 19.6 Å². The average molecular weight is 488 g/mol. The van der Waals surface area contributed by atoms with Crippen molar-refractivity contribution < 1.29 is 22.7 Å².